The largest absolute Gasteiger partial charge is 0.490 e. The molecule has 2 aromatic carbocycles. The van der Waals surface area contributed by atoms with Gasteiger partial charge in [0.15, 0.2) is 6.29 Å². The van der Waals surface area contributed by atoms with E-state index >= 15 is 0 Å². The maximum Gasteiger partial charge on any atom is 0.264 e. The lowest BCUT2D eigenvalue weighted by Gasteiger charge is -2.48. The average Bonchev–Trinajstić information content (AvgIpc) is 3.57. The minimum atomic E-state index is -3.97. The highest BCUT2D eigenvalue weighted by Crippen LogP contribution is 2.48. The number of sulfonamides is 1. The van der Waals surface area contributed by atoms with E-state index in [4.69, 9.17) is 30.5 Å². The second-order valence-electron chi connectivity index (χ2n) is 16.8. The van der Waals surface area contributed by atoms with Gasteiger partial charge in [0.25, 0.3) is 5.91 Å². The number of hydrogen-bond acceptors (Lipinski definition) is 11. The third-order valence-corrected chi connectivity index (χ3v) is 15.5. The standard InChI is InChI=1S/C34H41ClN2O6S.C9H18N2O2/c1-22-6-4-15-34(20-38,42-3)29-11-8-26(29)18-37-19-33(14-5-7-24-16-27(35)10-12-28(24)33)21-43-31-13-9-25(17-30(31)37)32(39)36-44(40,41)23(22)2;1-3-11(4-2-10-1)9-7-12-5-6-13-8-9/h4,9-10,12-13,15-17,20,22-23,26,29H,5-8,11,14,18-19,21H2,1-3H3,(H,36,39);9-10H,1-8H2/b15-4+;/t22-,23+,26-,29+,33-,34-;/m0./s1. The lowest BCUT2D eigenvalue weighted by Crippen LogP contribution is -2.53. The van der Waals surface area contributed by atoms with Crippen LogP contribution in [0.1, 0.15) is 67.4 Å². The zero-order valence-electron chi connectivity index (χ0n) is 33.6. The number of methoxy groups -OCH3 is 1. The summed E-state index contributed by atoms with van der Waals surface area (Å²) in [7, 11) is -2.41. The molecule has 0 unspecified atom stereocenters. The number of anilines is 1. The van der Waals surface area contributed by atoms with Crippen molar-refractivity contribution in [2.45, 2.75) is 74.7 Å². The highest BCUT2D eigenvalue weighted by molar-refractivity contribution is 7.90. The van der Waals surface area contributed by atoms with Crippen LogP contribution in [0.4, 0.5) is 5.69 Å². The van der Waals surface area contributed by atoms with Crippen LogP contribution in [0.15, 0.2) is 48.6 Å². The number of fused-ring (bicyclic) bond motifs is 4. The zero-order chi connectivity index (χ0) is 40.2. The van der Waals surface area contributed by atoms with Crippen molar-refractivity contribution >= 4 is 39.5 Å². The van der Waals surface area contributed by atoms with E-state index in [0.29, 0.717) is 42.9 Å². The molecule has 2 aliphatic carbocycles. The van der Waals surface area contributed by atoms with Crippen molar-refractivity contribution < 1.29 is 37.0 Å². The molecule has 4 heterocycles. The van der Waals surface area contributed by atoms with E-state index < -0.39 is 26.8 Å². The van der Waals surface area contributed by atoms with E-state index in [1.54, 1.807) is 32.2 Å². The first kappa shape index (κ1) is 42.1. The fourth-order valence-electron chi connectivity index (χ4n) is 9.55. The highest BCUT2D eigenvalue weighted by Gasteiger charge is 2.49. The normalized spacial score (nSPS) is 32.7. The number of aryl methyl sites for hydroxylation is 1. The van der Waals surface area contributed by atoms with Crippen LogP contribution in [0.5, 0.6) is 5.75 Å². The van der Waals surface area contributed by atoms with Gasteiger partial charge in [-0.25, -0.2) is 13.1 Å². The van der Waals surface area contributed by atoms with Crippen molar-refractivity contribution in [1.82, 2.24) is 14.9 Å². The molecule has 14 heteroatoms. The van der Waals surface area contributed by atoms with Gasteiger partial charge in [-0.2, -0.15) is 0 Å². The topological polar surface area (TPSA) is 136 Å². The number of piperazine rings is 1. The number of ether oxygens (including phenoxy) is 4. The molecule has 4 aliphatic heterocycles. The van der Waals surface area contributed by atoms with Crippen LogP contribution in [-0.4, -0.2) is 122 Å². The Bertz CT molecular complexity index is 1880. The fraction of sp³-hybridized carbons (Fsp3) is 0.628. The Kier molecular flexibility index (Phi) is 13.3. The lowest BCUT2D eigenvalue weighted by molar-refractivity contribution is -0.135. The summed E-state index contributed by atoms with van der Waals surface area (Å²) in [5.41, 5.74) is 2.05. The fourth-order valence-corrected chi connectivity index (χ4v) is 11.0. The quantitative estimate of drug-likeness (QED) is 0.327. The van der Waals surface area contributed by atoms with Crippen LogP contribution >= 0.6 is 11.6 Å². The van der Waals surface area contributed by atoms with Gasteiger partial charge in [0.05, 0.1) is 50.0 Å². The van der Waals surface area contributed by atoms with Gasteiger partial charge in [-0.3, -0.25) is 14.5 Å². The van der Waals surface area contributed by atoms with Gasteiger partial charge in [0.2, 0.25) is 10.0 Å². The molecule has 6 atom stereocenters. The molecule has 12 nitrogen and oxygen atoms in total. The molecule has 312 valence electrons. The Balaban J connectivity index is 0.000000322. The molecule has 2 bridgehead atoms. The molecule has 6 aliphatic rings. The number of benzene rings is 2. The van der Waals surface area contributed by atoms with E-state index in [2.05, 4.69) is 32.0 Å². The second kappa shape index (κ2) is 18.1. The van der Waals surface area contributed by atoms with Crippen LogP contribution in [0.25, 0.3) is 0 Å². The number of halogens is 1. The molecular weight excluding hydrogens is 768 g/mol. The van der Waals surface area contributed by atoms with Gasteiger partial charge in [-0.1, -0.05) is 30.7 Å². The number of nitrogens with zero attached hydrogens (tertiary/aromatic N) is 2. The summed E-state index contributed by atoms with van der Waals surface area (Å²) in [6.07, 6.45) is 9.65. The van der Waals surface area contributed by atoms with Crippen molar-refractivity contribution in [3.63, 3.8) is 0 Å². The van der Waals surface area contributed by atoms with E-state index in [9.17, 15) is 18.0 Å². The molecule has 3 fully saturated rings. The predicted octanol–water partition coefficient (Wildman–Crippen LogP) is 4.77. The van der Waals surface area contributed by atoms with Crippen LogP contribution < -0.4 is 19.7 Å². The van der Waals surface area contributed by atoms with Crippen LogP contribution in [0.2, 0.25) is 5.02 Å². The zero-order valence-corrected chi connectivity index (χ0v) is 35.1. The Morgan fingerprint density at radius 1 is 1.04 bits per heavy atom. The van der Waals surface area contributed by atoms with Crippen LogP contribution in [0.3, 0.4) is 0 Å². The molecule has 0 aromatic heterocycles. The first-order valence-electron chi connectivity index (χ1n) is 20.6. The van der Waals surface area contributed by atoms with Crippen molar-refractivity contribution in [3.05, 3.63) is 70.3 Å². The number of aldehydes is 1. The summed E-state index contributed by atoms with van der Waals surface area (Å²) < 4.78 is 52.3. The Labute approximate surface area is 343 Å². The Morgan fingerprint density at radius 2 is 1.81 bits per heavy atom. The van der Waals surface area contributed by atoms with Gasteiger partial charge in [-0.15, -0.1) is 0 Å². The molecule has 1 spiro atoms. The monoisotopic (exact) mass is 826 g/mol. The number of carbonyl (C=O) groups is 2. The SMILES string of the molecule is C1CN(C2COCCOC2)CCN1.CO[C@]1(C=O)/C=C/C[C@H](C)[C@@H](C)S(=O)(=O)NC(=O)c2ccc3c(c2)N(C[C@@H]2CC[C@H]21)C[C@@]1(CCCc2cc(Cl)ccc21)CO3. The smallest absolute Gasteiger partial charge is 0.264 e. The molecular formula is C43H59ClN4O8S. The molecule has 0 radical (unpaired) electrons. The first-order valence-corrected chi connectivity index (χ1v) is 22.6. The maximum atomic E-state index is 13.4. The average molecular weight is 827 g/mol. The molecule has 8 rings (SSSR count). The number of amides is 1. The third kappa shape index (κ3) is 9.10. The molecule has 1 amide bonds. The van der Waals surface area contributed by atoms with Gasteiger partial charge in [0, 0.05) is 68.3 Å². The highest BCUT2D eigenvalue weighted by atomic mass is 35.5. The minimum Gasteiger partial charge on any atom is -0.490 e. The Hall–Kier alpha value is -3.04. The van der Waals surface area contributed by atoms with Crippen molar-refractivity contribution in [2.24, 2.45) is 17.8 Å². The summed E-state index contributed by atoms with van der Waals surface area (Å²) >= 11 is 6.40. The molecule has 57 heavy (non-hydrogen) atoms. The number of nitrogens with one attached hydrogen (secondary N) is 2. The number of hydrogen-bond donors (Lipinski definition) is 2. The second-order valence-corrected chi connectivity index (χ2v) is 19.3. The summed E-state index contributed by atoms with van der Waals surface area (Å²) in [6.45, 7) is 12.8. The van der Waals surface area contributed by atoms with Gasteiger partial charge < -0.3 is 29.2 Å². The van der Waals surface area contributed by atoms with E-state index in [1.165, 1.54) is 11.1 Å². The van der Waals surface area contributed by atoms with Crippen molar-refractivity contribution in [3.8, 4) is 5.75 Å². The number of rotatable bonds is 3. The molecule has 2 saturated heterocycles. The summed E-state index contributed by atoms with van der Waals surface area (Å²) in [5, 5.41) is 3.22. The van der Waals surface area contributed by atoms with Crippen molar-refractivity contribution in [1.29, 1.82) is 0 Å². The summed E-state index contributed by atoms with van der Waals surface area (Å²) in [4.78, 5) is 30.8. The van der Waals surface area contributed by atoms with Crippen LogP contribution in [-0.2, 0) is 40.9 Å². The summed E-state index contributed by atoms with van der Waals surface area (Å²) in [6, 6.07) is 11.7. The number of allylic oxidation sites excluding steroid dienone is 1. The number of carbonyl (C=O) groups excluding carboxylic acids is 2. The maximum absolute atomic E-state index is 13.4. The van der Waals surface area contributed by atoms with E-state index in [1.807, 2.05) is 25.1 Å². The van der Waals surface area contributed by atoms with Gasteiger partial charge >= 0.3 is 0 Å². The van der Waals surface area contributed by atoms with Crippen molar-refractivity contribution in [2.75, 3.05) is 84.3 Å². The molecule has 1 saturated carbocycles. The predicted molar refractivity (Wildman–Crippen MR) is 221 cm³/mol. The van der Waals surface area contributed by atoms with E-state index in [-0.39, 0.29) is 28.7 Å². The van der Waals surface area contributed by atoms with E-state index in [0.717, 1.165) is 96.7 Å². The minimum absolute atomic E-state index is 0.0434. The Morgan fingerprint density at radius 3 is 2.51 bits per heavy atom. The molecule has 2 aromatic rings. The van der Waals surface area contributed by atoms with Gasteiger partial charge in [-0.05, 0) is 105 Å². The summed E-state index contributed by atoms with van der Waals surface area (Å²) in [5.74, 6) is -0.203. The molecule has 2 N–H and O–H groups in total. The first-order chi connectivity index (χ1) is 27.5. The lowest BCUT2D eigenvalue weighted by atomic mass is 9.64. The van der Waals surface area contributed by atoms with Crippen LogP contribution in [0, 0.1) is 17.8 Å². The third-order valence-electron chi connectivity index (χ3n) is 13.4. The van der Waals surface area contributed by atoms with Gasteiger partial charge in [0.1, 0.15) is 11.4 Å².